The Labute approximate surface area is 466 Å². The summed E-state index contributed by atoms with van der Waals surface area (Å²) in [5.74, 6) is 5.71. The highest BCUT2D eigenvalue weighted by Gasteiger charge is 2.32. The molecule has 4 aromatic carbocycles. The molecule has 0 bridgehead atoms. The summed E-state index contributed by atoms with van der Waals surface area (Å²) < 4.78 is 27.0. The number of carbonyl (C=O) groups is 5. The summed E-state index contributed by atoms with van der Waals surface area (Å²) in [6, 6.07) is 29.4. The van der Waals surface area contributed by atoms with E-state index in [1.165, 1.54) is 33.3 Å². The van der Waals surface area contributed by atoms with Crippen molar-refractivity contribution in [3.05, 3.63) is 152 Å². The number of rotatable bonds is 16. The molecule has 0 radical (unpaired) electrons. The molecule has 0 unspecified atom stereocenters. The smallest absolute Gasteiger partial charge is 0.410 e. The quantitative estimate of drug-likeness (QED) is 0.0271. The second-order valence-electron chi connectivity index (χ2n) is 17.3. The molecule has 1 aliphatic heterocycles. The van der Waals surface area contributed by atoms with Crippen molar-refractivity contribution < 1.29 is 42.9 Å². The third kappa shape index (κ3) is 15.6. The number of carboxylic acid groups (broad SMARTS) is 1. The second kappa shape index (κ2) is 30.2. The standard InChI is InChI=1S/C54H51FN8O7S2.2C2H6.CH2O2/c1-3-71-51-44-31-36(72-52(44)58-34(2)57-51)11-10-21-56-48(64)20-27-69-28-26-63(54(68)70-33-45-39-14-6-4-12-37(39)38-13-5-7-15-40(38)45)32-49(65)61-22-24-62(25-23-61)53(67)43-29-35(18-19-46(43)55)30-47-41-16-8-9-17-42(41)50(66)60-59-47;2*1-2;2-1-3/h4-9,12-19,29,31,45H,3,20-28,30,32-33H2,1-2H3,(H,56,64)(H,60,66);2*1-2H3;1H,(H,2,3). The Morgan fingerprint density at radius 2 is 1.53 bits per heavy atom. The van der Waals surface area contributed by atoms with Crippen LogP contribution in [0.1, 0.15) is 90.4 Å². The number of aryl methyl sites for hydroxylation is 1. The summed E-state index contributed by atoms with van der Waals surface area (Å²) in [4.78, 5) is 90.1. The van der Waals surface area contributed by atoms with Crippen LogP contribution in [0.2, 0.25) is 0 Å². The van der Waals surface area contributed by atoms with Gasteiger partial charge in [0.15, 0.2) is 0 Å². The van der Waals surface area contributed by atoms with E-state index in [9.17, 15) is 24.0 Å². The van der Waals surface area contributed by atoms with Crippen molar-refractivity contribution >= 4 is 74.4 Å². The maximum absolute atomic E-state index is 15.3. The van der Waals surface area contributed by atoms with Gasteiger partial charge in [0.2, 0.25) is 11.8 Å². The third-order valence-electron chi connectivity index (χ3n) is 12.6. The highest BCUT2D eigenvalue weighted by atomic mass is 32.2. The number of nitrogens with one attached hydrogen (secondary N) is 2. The van der Waals surface area contributed by atoms with Gasteiger partial charge in [0.25, 0.3) is 17.9 Å². The van der Waals surface area contributed by atoms with Crippen LogP contribution in [0.3, 0.4) is 0 Å². The lowest BCUT2D eigenvalue weighted by Crippen LogP contribution is -2.53. The van der Waals surface area contributed by atoms with E-state index in [0.29, 0.717) is 27.9 Å². The molecule has 414 valence electrons. The van der Waals surface area contributed by atoms with Crippen molar-refractivity contribution in [1.29, 1.82) is 0 Å². The van der Waals surface area contributed by atoms with E-state index in [2.05, 4.69) is 44.2 Å². The maximum atomic E-state index is 15.3. The first-order chi connectivity index (χ1) is 38.5. The fourth-order valence-electron chi connectivity index (χ4n) is 8.97. The summed E-state index contributed by atoms with van der Waals surface area (Å²) in [5.41, 5.74) is 5.05. The van der Waals surface area contributed by atoms with Gasteiger partial charge in [-0.3, -0.25) is 28.9 Å². The number of aromatic nitrogens is 4. The predicted octanol–water partition coefficient (Wildman–Crippen LogP) is 8.94. The number of halogens is 1. The highest BCUT2D eigenvalue weighted by molar-refractivity contribution is 7.99. The minimum atomic E-state index is -0.694. The average molecular weight is 1110 g/mol. The molecule has 4 heterocycles. The van der Waals surface area contributed by atoms with E-state index in [4.69, 9.17) is 19.4 Å². The SMILES string of the molecule is CC.CC.CCSc1nc(C)nc2sc(C#CCNC(=O)CCOCCN(CC(=O)N3CCN(C(=O)c4cc(Cc5n[nH]c(=O)c6ccccc56)ccc4F)CC3)C(=O)OCC3c4ccccc4-c4ccccc43)cc12.O=CO. The van der Waals surface area contributed by atoms with Crippen molar-refractivity contribution in [2.24, 2.45) is 0 Å². The fraction of sp³-hybridized carbons (Fsp3) is 0.339. The summed E-state index contributed by atoms with van der Waals surface area (Å²) in [5, 5.41) is 19.5. The molecule has 0 saturated carbocycles. The number of carbonyl (C=O) groups excluding carboxylic acids is 4. The van der Waals surface area contributed by atoms with Gasteiger partial charge in [-0.15, -0.1) is 23.1 Å². The minimum absolute atomic E-state index is 0.00546. The summed E-state index contributed by atoms with van der Waals surface area (Å²) in [7, 11) is 0. The molecule has 17 nitrogen and oxygen atoms in total. The Kier molecular flexibility index (Phi) is 23.1. The molecule has 0 atom stereocenters. The molecule has 7 aromatic rings. The van der Waals surface area contributed by atoms with Crippen LogP contribution >= 0.6 is 23.1 Å². The van der Waals surface area contributed by atoms with Crippen LogP contribution < -0.4 is 10.9 Å². The van der Waals surface area contributed by atoms with Crippen LogP contribution in [0.4, 0.5) is 9.18 Å². The predicted molar refractivity (Wildman–Crippen MR) is 306 cm³/mol. The number of hydrogen-bond donors (Lipinski definition) is 3. The maximum Gasteiger partial charge on any atom is 0.410 e. The Bertz CT molecular complexity index is 3320. The summed E-state index contributed by atoms with van der Waals surface area (Å²) >= 11 is 3.15. The van der Waals surface area contributed by atoms with Crippen LogP contribution in [0.25, 0.3) is 32.1 Å². The molecule has 9 rings (SSSR count). The number of nitrogens with zero attached hydrogens (tertiary/aromatic N) is 6. The van der Waals surface area contributed by atoms with Crippen molar-refractivity contribution in [3.8, 4) is 23.0 Å². The van der Waals surface area contributed by atoms with Gasteiger partial charge in [-0.2, -0.15) is 5.10 Å². The lowest BCUT2D eigenvalue weighted by atomic mass is 9.98. The van der Waals surface area contributed by atoms with Crippen LogP contribution in [-0.2, 0) is 30.3 Å². The van der Waals surface area contributed by atoms with Crippen molar-refractivity contribution in [1.82, 2.24) is 40.2 Å². The van der Waals surface area contributed by atoms with Gasteiger partial charge >= 0.3 is 6.09 Å². The molecular formula is C59H65FN8O9S2. The van der Waals surface area contributed by atoms with Crippen LogP contribution in [-0.4, -0.2) is 142 Å². The number of thiophene rings is 1. The number of aromatic amines is 1. The molecule has 3 N–H and O–H groups in total. The molecular weight excluding hydrogens is 1050 g/mol. The van der Waals surface area contributed by atoms with Gasteiger partial charge in [0.1, 0.15) is 34.6 Å². The number of amides is 4. The lowest BCUT2D eigenvalue weighted by molar-refractivity contribution is -0.133. The molecule has 3 aromatic heterocycles. The van der Waals surface area contributed by atoms with E-state index in [0.717, 1.165) is 48.1 Å². The Balaban J connectivity index is 0.00000138. The Hall–Kier alpha value is -7.99. The second-order valence-corrected chi connectivity index (χ2v) is 19.6. The van der Waals surface area contributed by atoms with E-state index in [-0.39, 0.29) is 114 Å². The Morgan fingerprint density at radius 1 is 0.886 bits per heavy atom. The zero-order valence-corrected chi connectivity index (χ0v) is 46.8. The van der Waals surface area contributed by atoms with Crippen molar-refractivity contribution in [3.63, 3.8) is 0 Å². The number of ether oxygens (including phenoxy) is 2. The monoisotopic (exact) mass is 1110 g/mol. The summed E-state index contributed by atoms with van der Waals surface area (Å²) in [6.07, 6.45) is -0.385. The molecule has 20 heteroatoms. The van der Waals surface area contributed by atoms with E-state index in [1.54, 1.807) is 40.9 Å². The molecule has 1 fully saturated rings. The van der Waals surface area contributed by atoms with Gasteiger partial charge in [-0.1, -0.05) is 119 Å². The molecule has 79 heavy (non-hydrogen) atoms. The van der Waals surface area contributed by atoms with Gasteiger partial charge < -0.3 is 29.7 Å². The van der Waals surface area contributed by atoms with Gasteiger partial charge in [0, 0.05) is 62.3 Å². The topological polar surface area (TPSA) is 217 Å². The zero-order valence-electron chi connectivity index (χ0n) is 45.2. The van der Waals surface area contributed by atoms with Crippen molar-refractivity contribution in [2.45, 2.75) is 65.3 Å². The van der Waals surface area contributed by atoms with E-state index in [1.807, 2.05) is 95.3 Å². The minimum Gasteiger partial charge on any atom is -0.483 e. The van der Waals surface area contributed by atoms with Crippen molar-refractivity contribution in [2.75, 3.05) is 71.4 Å². The highest BCUT2D eigenvalue weighted by Crippen LogP contribution is 2.44. The third-order valence-corrected chi connectivity index (χ3v) is 14.4. The van der Waals surface area contributed by atoms with Gasteiger partial charge in [0.05, 0.1) is 41.3 Å². The van der Waals surface area contributed by atoms with E-state index < -0.39 is 17.8 Å². The first kappa shape index (κ1) is 60.2. The lowest BCUT2D eigenvalue weighted by Gasteiger charge is -2.36. The van der Waals surface area contributed by atoms with Crippen LogP contribution in [0.5, 0.6) is 0 Å². The normalized spacial score (nSPS) is 12.2. The number of fused-ring (bicyclic) bond motifs is 5. The Morgan fingerprint density at radius 3 is 2.22 bits per heavy atom. The molecule has 0 spiro atoms. The number of H-pyrrole nitrogens is 1. The molecule has 4 amide bonds. The molecule has 1 aliphatic carbocycles. The number of hydrogen-bond acceptors (Lipinski definition) is 13. The zero-order chi connectivity index (χ0) is 56.8. The van der Waals surface area contributed by atoms with Gasteiger partial charge in [-0.25, -0.2) is 24.3 Å². The molecule has 2 aliphatic rings. The number of piperazine rings is 1. The van der Waals surface area contributed by atoms with Crippen LogP contribution in [0.15, 0.2) is 107 Å². The number of thioether (sulfide) groups is 1. The first-order valence-corrected chi connectivity index (χ1v) is 28.0. The average Bonchev–Trinajstić information content (AvgIpc) is 4.19. The van der Waals surface area contributed by atoms with Crippen LogP contribution in [0, 0.1) is 24.6 Å². The summed E-state index contributed by atoms with van der Waals surface area (Å²) in [6.45, 7) is 12.3. The van der Waals surface area contributed by atoms with Gasteiger partial charge in [-0.05, 0) is 64.8 Å². The number of benzene rings is 4. The fourth-order valence-corrected chi connectivity index (χ4v) is 10.8. The molecule has 1 saturated heterocycles. The largest absolute Gasteiger partial charge is 0.483 e. The van der Waals surface area contributed by atoms with E-state index >= 15 is 4.39 Å². The first-order valence-electron chi connectivity index (χ1n) is 26.2.